The van der Waals surface area contributed by atoms with Crippen LogP contribution in [0.4, 0.5) is 0 Å². The largest absolute Gasteiger partial charge is 0.497 e. The molecule has 0 unspecified atom stereocenters. The number of amides is 1. The Hall–Kier alpha value is -3.54. The van der Waals surface area contributed by atoms with Crippen molar-refractivity contribution in [3.63, 3.8) is 0 Å². The molecule has 2 heterocycles. The lowest BCUT2D eigenvalue weighted by molar-refractivity contribution is -0.140. The zero-order chi connectivity index (χ0) is 19.7. The number of carboxylic acids is 1. The highest BCUT2D eigenvalue weighted by atomic mass is 16.5. The molecule has 2 atom stereocenters. The summed E-state index contributed by atoms with van der Waals surface area (Å²) in [7, 11) is 1.57. The lowest BCUT2D eigenvalue weighted by atomic mass is 9.79. The molecule has 0 fully saturated rings. The Morgan fingerprint density at radius 2 is 1.86 bits per heavy atom. The van der Waals surface area contributed by atoms with Gasteiger partial charge in [-0.05, 0) is 41.5 Å². The van der Waals surface area contributed by atoms with Crippen LogP contribution in [-0.4, -0.2) is 29.0 Å². The van der Waals surface area contributed by atoms with Crippen LogP contribution in [0.5, 0.6) is 5.75 Å². The summed E-state index contributed by atoms with van der Waals surface area (Å²) in [6.07, 6.45) is 1.54. The maximum atomic E-state index is 13.3. The van der Waals surface area contributed by atoms with E-state index >= 15 is 0 Å². The molecule has 1 aliphatic heterocycles. The molecule has 6 heteroatoms. The monoisotopic (exact) mass is 377 g/mol. The zero-order valence-electron chi connectivity index (χ0n) is 15.2. The molecular formula is C22H19NO5. The molecule has 1 aromatic heterocycles. The third-order valence-corrected chi connectivity index (χ3v) is 5.07. The Morgan fingerprint density at radius 3 is 2.50 bits per heavy atom. The van der Waals surface area contributed by atoms with E-state index in [-0.39, 0.29) is 12.5 Å². The molecule has 2 aromatic carbocycles. The molecule has 1 amide bonds. The second-order valence-electron chi connectivity index (χ2n) is 6.63. The summed E-state index contributed by atoms with van der Waals surface area (Å²) < 4.78 is 10.6. The molecule has 4 rings (SSSR count). The first-order valence-electron chi connectivity index (χ1n) is 8.89. The van der Waals surface area contributed by atoms with Crippen molar-refractivity contribution in [2.45, 2.75) is 18.5 Å². The van der Waals surface area contributed by atoms with Crippen LogP contribution in [0, 0.1) is 0 Å². The van der Waals surface area contributed by atoms with Gasteiger partial charge >= 0.3 is 5.97 Å². The molecule has 0 saturated carbocycles. The number of methoxy groups -OCH3 is 1. The Balaban J connectivity index is 1.87. The average molecular weight is 377 g/mol. The zero-order valence-corrected chi connectivity index (χ0v) is 15.2. The molecule has 142 valence electrons. The third-order valence-electron chi connectivity index (χ3n) is 5.07. The van der Waals surface area contributed by atoms with Gasteiger partial charge in [0.05, 0.1) is 26.0 Å². The highest BCUT2D eigenvalue weighted by Gasteiger charge is 2.44. The molecule has 28 heavy (non-hydrogen) atoms. The highest BCUT2D eigenvalue weighted by Crippen LogP contribution is 2.43. The SMILES string of the molecule is COc1ccc([C@@H]2[C@H](C(=O)O)c3ccccc3C(=O)N2Cc2ccco2)cc1. The molecular weight excluding hydrogens is 358 g/mol. The summed E-state index contributed by atoms with van der Waals surface area (Å²) >= 11 is 0. The molecule has 0 bridgehead atoms. The van der Waals surface area contributed by atoms with Crippen molar-refractivity contribution < 1.29 is 23.8 Å². The number of hydrogen-bond donors (Lipinski definition) is 1. The van der Waals surface area contributed by atoms with Crippen LogP contribution in [-0.2, 0) is 11.3 Å². The van der Waals surface area contributed by atoms with E-state index < -0.39 is 17.9 Å². The van der Waals surface area contributed by atoms with Crippen molar-refractivity contribution in [3.8, 4) is 5.75 Å². The summed E-state index contributed by atoms with van der Waals surface area (Å²) in [5.74, 6) is -0.834. The number of aliphatic carboxylic acids is 1. The van der Waals surface area contributed by atoms with Crippen molar-refractivity contribution in [3.05, 3.63) is 89.4 Å². The van der Waals surface area contributed by atoms with Crippen LogP contribution in [0.2, 0.25) is 0 Å². The maximum Gasteiger partial charge on any atom is 0.313 e. The molecule has 1 N–H and O–H groups in total. The van der Waals surface area contributed by atoms with Gasteiger partial charge in [-0.3, -0.25) is 9.59 Å². The standard InChI is InChI=1S/C22H19NO5/c1-27-15-10-8-14(9-11-15)20-19(22(25)26)17-6-2-3-7-18(17)21(24)23(20)13-16-5-4-12-28-16/h2-12,19-20H,13H2,1H3,(H,25,26)/t19-,20-/m1/s1. The predicted molar refractivity (Wildman–Crippen MR) is 101 cm³/mol. The van der Waals surface area contributed by atoms with Crippen LogP contribution in [0.25, 0.3) is 0 Å². The highest BCUT2D eigenvalue weighted by molar-refractivity contribution is 6.00. The number of nitrogens with zero attached hydrogens (tertiary/aromatic N) is 1. The van der Waals surface area contributed by atoms with Crippen LogP contribution in [0.3, 0.4) is 0 Å². The topological polar surface area (TPSA) is 80.0 Å². The minimum Gasteiger partial charge on any atom is -0.497 e. The van der Waals surface area contributed by atoms with Gasteiger partial charge in [0.2, 0.25) is 0 Å². The van der Waals surface area contributed by atoms with Gasteiger partial charge in [0.1, 0.15) is 17.4 Å². The number of ether oxygens (including phenoxy) is 1. The fourth-order valence-electron chi connectivity index (χ4n) is 3.78. The van der Waals surface area contributed by atoms with Gasteiger partial charge in [0.15, 0.2) is 0 Å². The summed E-state index contributed by atoms with van der Waals surface area (Å²) in [6, 6.07) is 16.9. The minimum atomic E-state index is -0.981. The fraction of sp³-hybridized carbons (Fsp3) is 0.182. The molecule has 3 aromatic rings. The second kappa shape index (κ2) is 7.23. The van der Waals surface area contributed by atoms with E-state index in [0.29, 0.717) is 22.6 Å². The van der Waals surface area contributed by atoms with Crippen LogP contribution in [0.1, 0.15) is 39.2 Å². The predicted octanol–water partition coefficient (Wildman–Crippen LogP) is 3.85. The molecule has 0 radical (unpaired) electrons. The van der Waals surface area contributed by atoms with Crippen LogP contribution >= 0.6 is 0 Å². The van der Waals surface area contributed by atoms with Gasteiger partial charge in [-0.1, -0.05) is 30.3 Å². The number of benzene rings is 2. The van der Waals surface area contributed by atoms with Crippen molar-refractivity contribution in [1.29, 1.82) is 0 Å². The number of carboxylic acid groups (broad SMARTS) is 1. The first-order chi connectivity index (χ1) is 13.6. The van der Waals surface area contributed by atoms with Gasteiger partial charge in [-0.25, -0.2) is 0 Å². The van der Waals surface area contributed by atoms with Gasteiger partial charge in [0.25, 0.3) is 5.91 Å². The maximum absolute atomic E-state index is 13.3. The lowest BCUT2D eigenvalue weighted by Crippen LogP contribution is -2.44. The summed E-state index contributed by atoms with van der Waals surface area (Å²) in [5, 5.41) is 10.1. The first kappa shape index (κ1) is 17.9. The van der Waals surface area contributed by atoms with Crippen LogP contribution in [0.15, 0.2) is 71.3 Å². The Labute approximate surface area is 162 Å². The number of carbonyl (C=O) groups excluding carboxylic acids is 1. The number of furan rings is 1. The smallest absolute Gasteiger partial charge is 0.313 e. The number of hydrogen-bond acceptors (Lipinski definition) is 4. The molecule has 0 aliphatic carbocycles. The Morgan fingerprint density at radius 1 is 1.11 bits per heavy atom. The van der Waals surface area contributed by atoms with Gasteiger partial charge < -0.3 is 19.2 Å². The number of rotatable bonds is 5. The van der Waals surface area contributed by atoms with Crippen molar-refractivity contribution in [2.75, 3.05) is 7.11 Å². The van der Waals surface area contributed by atoms with E-state index in [9.17, 15) is 14.7 Å². The van der Waals surface area contributed by atoms with Crippen LogP contribution < -0.4 is 4.74 Å². The Kier molecular flexibility index (Phi) is 4.61. The first-order valence-corrected chi connectivity index (χ1v) is 8.89. The van der Waals surface area contributed by atoms with E-state index in [2.05, 4.69) is 0 Å². The summed E-state index contributed by atoms with van der Waals surface area (Å²) in [5.41, 5.74) is 1.66. The van der Waals surface area contributed by atoms with E-state index in [0.717, 1.165) is 5.56 Å². The van der Waals surface area contributed by atoms with E-state index in [4.69, 9.17) is 9.15 Å². The molecule has 0 spiro atoms. The van der Waals surface area contributed by atoms with E-state index in [1.165, 1.54) is 6.26 Å². The number of fused-ring (bicyclic) bond motifs is 1. The van der Waals surface area contributed by atoms with Gasteiger partial charge in [-0.15, -0.1) is 0 Å². The normalized spacial score (nSPS) is 18.6. The second-order valence-corrected chi connectivity index (χ2v) is 6.63. The van der Waals surface area contributed by atoms with Crippen molar-refractivity contribution in [2.24, 2.45) is 0 Å². The molecule has 6 nitrogen and oxygen atoms in total. The molecule has 0 saturated heterocycles. The minimum absolute atomic E-state index is 0.181. The quantitative estimate of drug-likeness (QED) is 0.730. The van der Waals surface area contributed by atoms with Crippen molar-refractivity contribution >= 4 is 11.9 Å². The van der Waals surface area contributed by atoms with Crippen molar-refractivity contribution in [1.82, 2.24) is 4.90 Å². The fourth-order valence-corrected chi connectivity index (χ4v) is 3.78. The van der Waals surface area contributed by atoms with Gasteiger partial charge in [-0.2, -0.15) is 0 Å². The molecule has 1 aliphatic rings. The number of carbonyl (C=O) groups is 2. The lowest BCUT2D eigenvalue weighted by Gasteiger charge is -2.40. The van der Waals surface area contributed by atoms with E-state index in [1.807, 2.05) is 0 Å². The summed E-state index contributed by atoms with van der Waals surface area (Å²) in [4.78, 5) is 27.1. The average Bonchev–Trinajstić information content (AvgIpc) is 3.23. The third kappa shape index (κ3) is 3.03. The van der Waals surface area contributed by atoms with E-state index in [1.54, 1.807) is 72.7 Å². The summed E-state index contributed by atoms with van der Waals surface area (Å²) in [6.45, 7) is 0.181. The van der Waals surface area contributed by atoms with Gasteiger partial charge in [0, 0.05) is 5.56 Å². The Bertz CT molecular complexity index is 994.